The van der Waals surface area contributed by atoms with Gasteiger partial charge in [-0.1, -0.05) is 45.7 Å². The van der Waals surface area contributed by atoms with Crippen LogP contribution in [0.25, 0.3) is 0 Å². The molecule has 0 aromatic heterocycles. The summed E-state index contributed by atoms with van der Waals surface area (Å²) in [5, 5.41) is 17.4. The highest BCUT2D eigenvalue weighted by Crippen LogP contribution is 2.38. The molecule has 0 spiro atoms. The monoisotopic (exact) mass is 318 g/mol. The number of phenols is 1. The molecule has 0 atom stereocenters. The van der Waals surface area contributed by atoms with Crippen molar-refractivity contribution in [2.45, 2.75) is 83.3 Å². The van der Waals surface area contributed by atoms with Crippen LogP contribution in [0.3, 0.4) is 0 Å². The van der Waals surface area contributed by atoms with Gasteiger partial charge in [-0.25, -0.2) is 0 Å². The third kappa shape index (κ3) is 5.22. The molecule has 3 nitrogen and oxygen atoms in total. The lowest BCUT2D eigenvalue weighted by Crippen LogP contribution is -2.49. The van der Waals surface area contributed by atoms with Gasteiger partial charge in [0.2, 0.25) is 0 Å². The molecule has 1 aliphatic carbocycles. The lowest BCUT2D eigenvalue weighted by molar-refractivity contribution is 0.196. The Morgan fingerprint density at radius 2 is 1.96 bits per heavy atom. The van der Waals surface area contributed by atoms with Gasteiger partial charge in [0, 0.05) is 17.6 Å². The largest absolute Gasteiger partial charge is 0.508 e. The third-order valence-corrected chi connectivity index (χ3v) is 5.05. The Bertz CT molecular complexity index is 464. The molecule has 130 valence electrons. The van der Waals surface area contributed by atoms with Crippen LogP contribution in [0.4, 0.5) is 0 Å². The van der Waals surface area contributed by atoms with Gasteiger partial charge in [0.15, 0.2) is 0 Å². The number of aromatic hydroxyl groups is 1. The molecule has 1 aliphatic rings. The first-order valence-electron chi connectivity index (χ1n) is 9.36. The van der Waals surface area contributed by atoms with Crippen LogP contribution in [0.15, 0.2) is 24.3 Å². The van der Waals surface area contributed by atoms with Gasteiger partial charge < -0.3 is 15.7 Å². The Morgan fingerprint density at radius 3 is 2.57 bits per heavy atom. The molecule has 23 heavy (non-hydrogen) atoms. The molecule has 0 radical (unpaired) electrons. The Morgan fingerprint density at radius 1 is 1.22 bits per heavy atom. The molecule has 1 aromatic carbocycles. The molecule has 1 aromatic rings. The van der Waals surface area contributed by atoms with E-state index in [1.54, 1.807) is 6.07 Å². The molecule has 0 saturated heterocycles. The fourth-order valence-electron chi connectivity index (χ4n) is 3.82. The van der Waals surface area contributed by atoms with Crippen LogP contribution in [0.5, 0.6) is 5.75 Å². The minimum Gasteiger partial charge on any atom is -0.508 e. The second-order valence-electron chi connectivity index (χ2n) is 7.36. The van der Waals surface area contributed by atoms with Crippen molar-refractivity contribution in [1.29, 1.82) is 0 Å². The summed E-state index contributed by atoms with van der Waals surface area (Å²) in [6.45, 7) is 7.75. The number of rotatable bonds is 8. The molecular weight excluding hydrogens is 284 g/mol. The number of unbranched alkanes of at least 4 members (excludes halogenated alkanes) is 2. The SMILES string of the molecule is CCCCCNC1(c2cccc(O)c2)CCC(NC(C)C)CC1. The van der Waals surface area contributed by atoms with Gasteiger partial charge in [0.05, 0.1) is 0 Å². The Hall–Kier alpha value is -1.06. The van der Waals surface area contributed by atoms with Crippen LogP contribution < -0.4 is 10.6 Å². The standard InChI is InChI=1S/C20H34N2O/c1-4-5-6-14-21-20(17-8-7-9-19(23)15-17)12-10-18(11-13-20)22-16(2)3/h7-9,15-16,18,21-23H,4-6,10-14H2,1-3H3. The Kier molecular flexibility index (Phi) is 6.91. The summed E-state index contributed by atoms with van der Waals surface area (Å²) in [6.07, 6.45) is 8.40. The molecule has 0 heterocycles. The van der Waals surface area contributed by atoms with Gasteiger partial charge in [0.25, 0.3) is 0 Å². The first-order chi connectivity index (χ1) is 11.1. The molecule has 0 amide bonds. The first kappa shape index (κ1) is 18.3. The van der Waals surface area contributed by atoms with Crippen molar-refractivity contribution in [3.05, 3.63) is 29.8 Å². The fraction of sp³-hybridized carbons (Fsp3) is 0.700. The number of hydrogen-bond acceptors (Lipinski definition) is 3. The molecule has 0 unspecified atom stereocenters. The molecular formula is C20H34N2O. The van der Waals surface area contributed by atoms with Gasteiger partial charge in [-0.15, -0.1) is 0 Å². The van der Waals surface area contributed by atoms with Crippen LogP contribution >= 0.6 is 0 Å². The summed E-state index contributed by atoms with van der Waals surface area (Å²) < 4.78 is 0. The maximum Gasteiger partial charge on any atom is 0.115 e. The molecule has 3 heteroatoms. The van der Waals surface area contributed by atoms with Gasteiger partial charge in [-0.3, -0.25) is 0 Å². The second-order valence-corrected chi connectivity index (χ2v) is 7.36. The molecule has 0 aliphatic heterocycles. The van der Waals surface area contributed by atoms with E-state index < -0.39 is 0 Å². The van der Waals surface area contributed by atoms with Crippen LogP contribution in [-0.4, -0.2) is 23.7 Å². The summed E-state index contributed by atoms with van der Waals surface area (Å²) in [7, 11) is 0. The quantitative estimate of drug-likeness (QED) is 0.626. The molecule has 3 N–H and O–H groups in total. The zero-order chi connectivity index (χ0) is 16.7. The summed E-state index contributed by atoms with van der Waals surface area (Å²) >= 11 is 0. The Labute approximate surface area is 141 Å². The summed E-state index contributed by atoms with van der Waals surface area (Å²) in [4.78, 5) is 0. The van der Waals surface area contributed by atoms with Crippen LogP contribution in [0.2, 0.25) is 0 Å². The molecule has 1 fully saturated rings. The van der Waals surface area contributed by atoms with Crippen molar-refractivity contribution >= 4 is 0 Å². The van der Waals surface area contributed by atoms with E-state index in [1.165, 1.54) is 37.7 Å². The van der Waals surface area contributed by atoms with E-state index in [4.69, 9.17) is 0 Å². The molecule has 0 bridgehead atoms. The normalized spacial score (nSPS) is 25.0. The lowest BCUT2D eigenvalue weighted by atomic mass is 9.74. The van der Waals surface area contributed by atoms with Crippen molar-refractivity contribution in [2.75, 3.05) is 6.54 Å². The highest BCUT2D eigenvalue weighted by molar-refractivity contribution is 5.33. The van der Waals surface area contributed by atoms with Crippen molar-refractivity contribution in [3.63, 3.8) is 0 Å². The zero-order valence-corrected chi connectivity index (χ0v) is 15.1. The minimum atomic E-state index is 0.0294. The van der Waals surface area contributed by atoms with Crippen molar-refractivity contribution in [3.8, 4) is 5.75 Å². The fourth-order valence-corrected chi connectivity index (χ4v) is 3.82. The second kappa shape index (κ2) is 8.70. The van der Waals surface area contributed by atoms with Crippen LogP contribution in [0.1, 0.15) is 71.3 Å². The number of nitrogens with one attached hydrogen (secondary N) is 2. The summed E-state index contributed by atoms with van der Waals surface area (Å²) in [5.74, 6) is 0.375. The molecule has 1 saturated carbocycles. The van der Waals surface area contributed by atoms with Crippen LogP contribution in [-0.2, 0) is 5.54 Å². The molecule has 2 rings (SSSR count). The third-order valence-electron chi connectivity index (χ3n) is 5.05. The average Bonchev–Trinajstić information content (AvgIpc) is 2.53. The van der Waals surface area contributed by atoms with E-state index in [2.05, 4.69) is 37.5 Å². The van der Waals surface area contributed by atoms with E-state index in [0.717, 1.165) is 19.4 Å². The summed E-state index contributed by atoms with van der Waals surface area (Å²) in [5.41, 5.74) is 1.28. The average molecular weight is 319 g/mol. The number of benzene rings is 1. The van der Waals surface area contributed by atoms with E-state index >= 15 is 0 Å². The minimum absolute atomic E-state index is 0.0294. The highest BCUT2D eigenvalue weighted by atomic mass is 16.3. The van der Waals surface area contributed by atoms with Gasteiger partial charge in [-0.2, -0.15) is 0 Å². The predicted molar refractivity (Wildman–Crippen MR) is 97.8 cm³/mol. The number of phenolic OH excluding ortho intramolecular Hbond substituents is 1. The van der Waals surface area contributed by atoms with Gasteiger partial charge in [-0.05, 0) is 56.3 Å². The maximum atomic E-state index is 9.90. The van der Waals surface area contributed by atoms with E-state index in [0.29, 0.717) is 17.8 Å². The highest BCUT2D eigenvalue weighted by Gasteiger charge is 2.36. The number of hydrogen-bond donors (Lipinski definition) is 3. The van der Waals surface area contributed by atoms with Gasteiger partial charge >= 0.3 is 0 Å². The van der Waals surface area contributed by atoms with Gasteiger partial charge in [0.1, 0.15) is 5.75 Å². The van der Waals surface area contributed by atoms with Crippen molar-refractivity contribution in [2.24, 2.45) is 0 Å². The first-order valence-corrected chi connectivity index (χ1v) is 9.36. The van der Waals surface area contributed by atoms with E-state index in [-0.39, 0.29) is 5.54 Å². The topological polar surface area (TPSA) is 44.3 Å². The predicted octanol–water partition coefficient (Wildman–Crippen LogP) is 4.31. The maximum absolute atomic E-state index is 9.90. The van der Waals surface area contributed by atoms with E-state index in [1.807, 2.05) is 12.1 Å². The Balaban J connectivity index is 2.07. The lowest BCUT2D eigenvalue weighted by Gasteiger charge is -2.42. The van der Waals surface area contributed by atoms with Crippen molar-refractivity contribution < 1.29 is 5.11 Å². The zero-order valence-electron chi connectivity index (χ0n) is 15.1. The van der Waals surface area contributed by atoms with Crippen molar-refractivity contribution in [1.82, 2.24) is 10.6 Å². The smallest absolute Gasteiger partial charge is 0.115 e. The van der Waals surface area contributed by atoms with Crippen LogP contribution in [0, 0.1) is 0 Å². The van der Waals surface area contributed by atoms with E-state index in [9.17, 15) is 5.11 Å². The summed E-state index contributed by atoms with van der Waals surface area (Å²) in [6, 6.07) is 9.02.